The molecular formula is C19H14N2O6. The lowest BCUT2D eigenvalue weighted by atomic mass is 10.1. The Morgan fingerprint density at radius 1 is 1.15 bits per heavy atom. The molecule has 0 aliphatic carbocycles. The number of para-hydroxylation sites is 1. The Bertz CT molecular complexity index is 1160. The van der Waals surface area contributed by atoms with Crippen LogP contribution in [0.25, 0.3) is 10.9 Å². The predicted molar refractivity (Wildman–Crippen MR) is 96.8 cm³/mol. The molecule has 1 amide bonds. The maximum atomic E-state index is 12.7. The molecule has 4 rings (SSSR count). The van der Waals surface area contributed by atoms with Crippen LogP contribution in [0.15, 0.2) is 41.2 Å². The van der Waals surface area contributed by atoms with E-state index in [2.05, 4.69) is 10.3 Å². The SMILES string of the molecule is CC(=O)c1cc2c(cc1NC(=O)c1c(O)c3ccccc3[nH]c1=O)OCO2. The molecular weight excluding hydrogens is 352 g/mol. The Morgan fingerprint density at radius 2 is 1.85 bits per heavy atom. The van der Waals surface area contributed by atoms with Crippen molar-refractivity contribution in [2.75, 3.05) is 12.1 Å². The number of anilines is 1. The molecule has 1 aliphatic rings. The van der Waals surface area contributed by atoms with Gasteiger partial charge in [-0.1, -0.05) is 12.1 Å². The van der Waals surface area contributed by atoms with Crippen molar-refractivity contribution >= 4 is 28.3 Å². The van der Waals surface area contributed by atoms with Gasteiger partial charge in [0.25, 0.3) is 11.5 Å². The number of Topliss-reactive ketones (excluding diaryl/α,β-unsaturated/α-hetero) is 1. The lowest BCUT2D eigenvalue weighted by Gasteiger charge is -2.12. The zero-order chi connectivity index (χ0) is 19.1. The van der Waals surface area contributed by atoms with Crippen molar-refractivity contribution in [3.63, 3.8) is 0 Å². The van der Waals surface area contributed by atoms with E-state index >= 15 is 0 Å². The number of hydrogen-bond donors (Lipinski definition) is 3. The number of aromatic amines is 1. The average Bonchev–Trinajstić information content (AvgIpc) is 3.08. The topological polar surface area (TPSA) is 118 Å². The smallest absolute Gasteiger partial charge is 0.265 e. The van der Waals surface area contributed by atoms with Gasteiger partial charge in [-0.2, -0.15) is 0 Å². The van der Waals surface area contributed by atoms with Crippen LogP contribution in [0.5, 0.6) is 17.2 Å². The van der Waals surface area contributed by atoms with E-state index in [4.69, 9.17) is 9.47 Å². The number of ether oxygens (including phenoxy) is 2. The summed E-state index contributed by atoms with van der Waals surface area (Å²) in [6, 6.07) is 9.48. The summed E-state index contributed by atoms with van der Waals surface area (Å²) >= 11 is 0. The molecule has 0 fully saturated rings. The Labute approximate surface area is 152 Å². The normalized spacial score (nSPS) is 12.2. The molecule has 8 nitrogen and oxygen atoms in total. The van der Waals surface area contributed by atoms with Crippen molar-refractivity contribution in [3.05, 3.63) is 57.9 Å². The molecule has 0 saturated heterocycles. The number of aromatic hydroxyl groups is 1. The largest absolute Gasteiger partial charge is 0.506 e. The minimum Gasteiger partial charge on any atom is -0.506 e. The zero-order valence-electron chi connectivity index (χ0n) is 14.2. The lowest BCUT2D eigenvalue weighted by Crippen LogP contribution is -2.24. The van der Waals surface area contributed by atoms with E-state index in [0.717, 1.165) is 0 Å². The number of nitrogens with one attached hydrogen (secondary N) is 2. The van der Waals surface area contributed by atoms with E-state index in [1.165, 1.54) is 19.1 Å². The molecule has 0 spiro atoms. The van der Waals surface area contributed by atoms with Gasteiger partial charge in [0.1, 0.15) is 11.3 Å². The van der Waals surface area contributed by atoms with E-state index in [1.54, 1.807) is 24.3 Å². The summed E-state index contributed by atoms with van der Waals surface area (Å²) in [4.78, 5) is 39.5. The van der Waals surface area contributed by atoms with E-state index in [9.17, 15) is 19.5 Å². The highest BCUT2D eigenvalue weighted by Gasteiger charge is 2.24. The van der Waals surface area contributed by atoms with Crippen molar-refractivity contribution in [1.29, 1.82) is 0 Å². The van der Waals surface area contributed by atoms with Gasteiger partial charge in [-0.05, 0) is 25.1 Å². The molecule has 1 aromatic heterocycles. The molecule has 136 valence electrons. The molecule has 3 N–H and O–H groups in total. The number of ketones is 1. The maximum Gasteiger partial charge on any atom is 0.265 e. The van der Waals surface area contributed by atoms with Gasteiger partial charge in [0.15, 0.2) is 17.3 Å². The molecule has 1 aliphatic heterocycles. The van der Waals surface area contributed by atoms with Crippen LogP contribution in [0.1, 0.15) is 27.6 Å². The Kier molecular flexibility index (Phi) is 3.80. The number of carbonyl (C=O) groups is 2. The second-order valence-corrected chi connectivity index (χ2v) is 5.98. The van der Waals surface area contributed by atoms with Crippen LogP contribution in [0.4, 0.5) is 5.69 Å². The number of fused-ring (bicyclic) bond motifs is 2. The quantitative estimate of drug-likeness (QED) is 0.613. The highest BCUT2D eigenvalue weighted by Crippen LogP contribution is 2.37. The Hall–Kier alpha value is -3.81. The molecule has 27 heavy (non-hydrogen) atoms. The monoisotopic (exact) mass is 366 g/mol. The van der Waals surface area contributed by atoms with Crippen molar-refractivity contribution in [2.24, 2.45) is 0 Å². The summed E-state index contributed by atoms with van der Waals surface area (Å²) in [7, 11) is 0. The maximum absolute atomic E-state index is 12.7. The van der Waals surface area contributed by atoms with Gasteiger partial charge in [0.05, 0.1) is 11.2 Å². The second kappa shape index (κ2) is 6.17. The first-order chi connectivity index (χ1) is 13.0. The van der Waals surface area contributed by atoms with E-state index in [1.807, 2.05) is 0 Å². The van der Waals surface area contributed by atoms with Gasteiger partial charge in [-0.15, -0.1) is 0 Å². The third-order valence-corrected chi connectivity index (χ3v) is 4.26. The summed E-state index contributed by atoms with van der Waals surface area (Å²) in [6.45, 7) is 1.35. The fourth-order valence-corrected chi connectivity index (χ4v) is 2.96. The minimum absolute atomic E-state index is 0.00914. The van der Waals surface area contributed by atoms with Crippen molar-refractivity contribution in [1.82, 2.24) is 4.98 Å². The average molecular weight is 366 g/mol. The van der Waals surface area contributed by atoms with Crippen molar-refractivity contribution in [3.8, 4) is 17.2 Å². The number of hydrogen-bond acceptors (Lipinski definition) is 6. The highest BCUT2D eigenvalue weighted by atomic mass is 16.7. The Morgan fingerprint density at radius 3 is 2.59 bits per heavy atom. The lowest BCUT2D eigenvalue weighted by molar-refractivity contribution is 0.101. The number of aromatic nitrogens is 1. The van der Waals surface area contributed by atoms with Crippen LogP contribution in [0.3, 0.4) is 0 Å². The first-order valence-corrected chi connectivity index (χ1v) is 8.05. The molecule has 0 bridgehead atoms. The van der Waals surface area contributed by atoms with E-state index in [-0.39, 0.29) is 23.8 Å². The first kappa shape index (κ1) is 16.6. The number of pyridine rings is 1. The number of amides is 1. The standard InChI is InChI=1S/C19H14N2O6/c1-9(22)11-6-14-15(27-8-26-14)7-13(11)21-19(25)16-17(23)10-4-2-3-5-12(10)20-18(16)24/h2-7H,8H2,1H3,(H,21,25)(H2,20,23,24). The Balaban J connectivity index is 1.79. The van der Waals surface area contributed by atoms with Gasteiger partial charge >= 0.3 is 0 Å². The molecule has 0 radical (unpaired) electrons. The third-order valence-electron chi connectivity index (χ3n) is 4.26. The highest BCUT2D eigenvalue weighted by molar-refractivity contribution is 6.12. The second-order valence-electron chi connectivity index (χ2n) is 5.98. The number of benzene rings is 2. The van der Waals surface area contributed by atoms with Gasteiger partial charge < -0.3 is 24.9 Å². The fraction of sp³-hybridized carbons (Fsp3) is 0.105. The van der Waals surface area contributed by atoms with Crippen LogP contribution in [-0.4, -0.2) is 28.6 Å². The number of H-pyrrole nitrogens is 1. The molecule has 2 heterocycles. The minimum atomic E-state index is -0.846. The molecule has 0 saturated carbocycles. The molecule has 0 atom stereocenters. The first-order valence-electron chi connectivity index (χ1n) is 8.05. The van der Waals surface area contributed by atoms with E-state index < -0.39 is 22.8 Å². The number of carbonyl (C=O) groups excluding carboxylic acids is 2. The molecule has 3 aromatic rings. The van der Waals surface area contributed by atoms with E-state index in [0.29, 0.717) is 22.4 Å². The summed E-state index contributed by atoms with van der Waals surface area (Å²) in [5.41, 5.74) is -0.424. The van der Waals surface area contributed by atoms with Crippen LogP contribution in [0.2, 0.25) is 0 Å². The molecule has 2 aromatic carbocycles. The van der Waals surface area contributed by atoms with Gasteiger partial charge in [-0.25, -0.2) is 0 Å². The van der Waals surface area contributed by atoms with Crippen LogP contribution < -0.4 is 20.3 Å². The summed E-state index contributed by atoms with van der Waals surface area (Å²) in [6.07, 6.45) is 0. The summed E-state index contributed by atoms with van der Waals surface area (Å²) in [5.74, 6) is -0.824. The zero-order valence-corrected chi connectivity index (χ0v) is 14.2. The van der Waals surface area contributed by atoms with Gasteiger partial charge in [0.2, 0.25) is 6.79 Å². The predicted octanol–water partition coefficient (Wildman–Crippen LogP) is 2.42. The number of rotatable bonds is 3. The fourth-order valence-electron chi connectivity index (χ4n) is 2.96. The van der Waals surface area contributed by atoms with Crippen LogP contribution in [-0.2, 0) is 0 Å². The molecule has 0 unspecified atom stereocenters. The summed E-state index contributed by atoms with van der Waals surface area (Å²) in [5, 5.41) is 13.3. The van der Waals surface area contributed by atoms with Gasteiger partial charge in [-0.3, -0.25) is 14.4 Å². The third kappa shape index (κ3) is 2.77. The summed E-state index contributed by atoms with van der Waals surface area (Å²) < 4.78 is 10.5. The van der Waals surface area contributed by atoms with Crippen LogP contribution in [0, 0.1) is 0 Å². The molecule has 8 heteroatoms. The van der Waals surface area contributed by atoms with Crippen LogP contribution >= 0.6 is 0 Å². The van der Waals surface area contributed by atoms with Crippen molar-refractivity contribution in [2.45, 2.75) is 6.92 Å². The van der Waals surface area contributed by atoms with Gasteiger partial charge in [0, 0.05) is 17.0 Å². The van der Waals surface area contributed by atoms with Crippen molar-refractivity contribution < 1.29 is 24.2 Å².